The van der Waals surface area contributed by atoms with Crippen molar-refractivity contribution in [3.8, 4) is 0 Å². The average molecular weight is 338 g/mol. The molecule has 1 atom stereocenters. The van der Waals surface area contributed by atoms with Crippen LogP contribution in [0.4, 0.5) is 10.5 Å². The Kier molecular flexibility index (Phi) is 5.52. The molecule has 0 radical (unpaired) electrons. The number of hydrogen-bond donors (Lipinski definition) is 2. The maximum absolute atomic E-state index is 12.6. The number of carbonyl (C=O) groups is 2. The van der Waals surface area contributed by atoms with E-state index in [0.29, 0.717) is 24.5 Å². The van der Waals surface area contributed by atoms with Crippen molar-refractivity contribution in [3.05, 3.63) is 28.8 Å². The van der Waals surface area contributed by atoms with Gasteiger partial charge in [0.25, 0.3) is 0 Å². The van der Waals surface area contributed by atoms with E-state index in [9.17, 15) is 9.59 Å². The summed E-state index contributed by atoms with van der Waals surface area (Å²) in [5.41, 5.74) is 6.71. The fraction of sp³-hybridized carbons (Fsp3) is 0.529. The quantitative estimate of drug-likeness (QED) is 0.883. The lowest BCUT2D eigenvalue weighted by Crippen LogP contribution is -2.52. The molecule has 1 aromatic rings. The highest BCUT2D eigenvalue weighted by molar-refractivity contribution is 6.30. The van der Waals surface area contributed by atoms with Crippen molar-refractivity contribution in [2.45, 2.75) is 39.5 Å². The van der Waals surface area contributed by atoms with Gasteiger partial charge < -0.3 is 16.0 Å². The summed E-state index contributed by atoms with van der Waals surface area (Å²) in [4.78, 5) is 26.1. The van der Waals surface area contributed by atoms with E-state index in [2.05, 4.69) is 5.32 Å². The van der Waals surface area contributed by atoms with Gasteiger partial charge in [-0.1, -0.05) is 25.4 Å². The van der Waals surface area contributed by atoms with Gasteiger partial charge in [0.05, 0.1) is 5.41 Å². The van der Waals surface area contributed by atoms with Crippen LogP contribution in [0.25, 0.3) is 0 Å². The van der Waals surface area contributed by atoms with Crippen LogP contribution in [0.3, 0.4) is 0 Å². The topological polar surface area (TPSA) is 75.4 Å². The normalized spacial score (nSPS) is 21.1. The lowest BCUT2D eigenvalue weighted by atomic mass is 9.77. The number of carbonyl (C=O) groups excluding carboxylic acids is 2. The number of hydrogen-bond acceptors (Lipinski definition) is 2. The Morgan fingerprint density at radius 2 is 2.13 bits per heavy atom. The number of likely N-dealkylation sites (tertiary alicyclic amines) is 1. The number of nitrogens with zero attached hydrogens (tertiary/aromatic N) is 1. The van der Waals surface area contributed by atoms with E-state index in [1.54, 1.807) is 11.0 Å². The minimum atomic E-state index is -0.608. The van der Waals surface area contributed by atoms with E-state index in [1.807, 2.05) is 26.0 Å². The predicted molar refractivity (Wildman–Crippen MR) is 92.6 cm³/mol. The minimum Gasteiger partial charge on any atom is -0.369 e. The fourth-order valence-corrected chi connectivity index (χ4v) is 3.33. The highest BCUT2D eigenvalue weighted by Crippen LogP contribution is 2.33. The van der Waals surface area contributed by atoms with Crippen LogP contribution in [0, 0.1) is 5.41 Å². The number of benzene rings is 1. The molecule has 2 rings (SSSR count). The van der Waals surface area contributed by atoms with Crippen molar-refractivity contribution < 1.29 is 9.59 Å². The van der Waals surface area contributed by atoms with Crippen LogP contribution in [0.5, 0.6) is 0 Å². The predicted octanol–water partition coefficient (Wildman–Crippen LogP) is 3.41. The lowest BCUT2D eigenvalue weighted by molar-refractivity contribution is -0.130. The smallest absolute Gasteiger partial charge is 0.321 e. The molecule has 0 spiro atoms. The Morgan fingerprint density at radius 1 is 1.39 bits per heavy atom. The standard InChI is InChI=1S/C17H24ClN3O2/c1-3-12-10-13(18)6-7-14(12)20-16(23)21-9-5-8-17(4-2,11-21)15(19)22/h6-7,10H,3-5,8-9,11H2,1-2H3,(H2,19,22)(H,20,23)/t17-/m0/s1. The van der Waals surface area contributed by atoms with E-state index in [-0.39, 0.29) is 11.9 Å². The zero-order valence-electron chi connectivity index (χ0n) is 13.7. The second-order valence-electron chi connectivity index (χ2n) is 6.11. The van der Waals surface area contributed by atoms with Gasteiger partial charge >= 0.3 is 6.03 Å². The van der Waals surface area contributed by atoms with Crippen LogP contribution in [0.2, 0.25) is 5.02 Å². The molecule has 6 heteroatoms. The first-order chi connectivity index (χ1) is 10.9. The van der Waals surface area contributed by atoms with E-state index in [4.69, 9.17) is 17.3 Å². The van der Waals surface area contributed by atoms with E-state index < -0.39 is 5.41 Å². The zero-order valence-corrected chi connectivity index (χ0v) is 14.4. The first-order valence-electron chi connectivity index (χ1n) is 8.06. The molecule has 5 nitrogen and oxygen atoms in total. The molecule has 1 aromatic carbocycles. The first-order valence-corrected chi connectivity index (χ1v) is 8.44. The molecule has 23 heavy (non-hydrogen) atoms. The summed E-state index contributed by atoms with van der Waals surface area (Å²) in [5.74, 6) is -0.321. The summed E-state index contributed by atoms with van der Waals surface area (Å²) in [7, 11) is 0. The van der Waals surface area contributed by atoms with Crippen LogP contribution in [0.15, 0.2) is 18.2 Å². The summed E-state index contributed by atoms with van der Waals surface area (Å²) < 4.78 is 0. The van der Waals surface area contributed by atoms with E-state index in [1.165, 1.54) is 0 Å². The molecule has 1 aliphatic rings. The van der Waals surface area contributed by atoms with Crippen molar-refractivity contribution in [3.63, 3.8) is 0 Å². The van der Waals surface area contributed by atoms with Crippen LogP contribution in [0.1, 0.15) is 38.7 Å². The van der Waals surface area contributed by atoms with Crippen molar-refractivity contribution in [1.29, 1.82) is 0 Å². The third-order valence-corrected chi connectivity index (χ3v) is 4.99. The molecule has 0 aromatic heterocycles. The second kappa shape index (κ2) is 7.21. The molecule has 1 aliphatic heterocycles. The monoisotopic (exact) mass is 337 g/mol. The number of nitrogens with one attached hydrogen (secondary N) is 1. The molecule has 0 aliphatic carbocycles. The Morgan fingerprint density at radius 3 is 2.74 bits per heavy atom. The molecule has 126 valence electrons. The molecule has 1 heterocycles. The van der Waals surface area contributed by atoms with Gasteiger partial charge in [0.1, 0.15) is 0 Å². The number of urea groups is 1. The summed E-state index contributed by atoms with van der Waals surface area (Å²) in [5, 5.41) is 3.58. The van der Waals surface area contributed by atoms with Crippen LogP contribution in [-0.2, 0) is 11.2 Å². The number of primary amides is 1. The lowest BCUT2D eigenvalue weighted by Gasteiger charge is -2.40. The van der Waals surface area contributed by atoms with Crippen molar-refractivity contribution >= 4 is 29.2 Å². The molecule has 0 bridgehead atoms. The molecule has 0 unspecified atom stereocenters. The van der Waals surface area contributed by atoms with Crippen molar-refractivity contribution in [1.82, 2.24) is 4.90 Å². The molecule has 3 amide bonds. The first kappa shape index (κ1) is 17.6. The Bertz CT molecular complexity index is 606. The van der Waals surface area contributed by atoms with E-state index >= 15 is 0 Å². The molecule has 3 N–H and O–H groups in total. The van der Waals surface area contributed by atoms with Crippen molar-refractivity contribution in [2.75, 3.05) is 18.4 Å². The number of halogens is 1. The Hall–Kier alpha value is -1.75. The number of anilines is 1. The number of nitrogens with two attached hydrogens (primary N) is 1. The molecule has 0 saturated carbocycles. The second-order valence-corrected chi connectivity index (χ2v) is 6.54. The van der Waals surface area contributed by atoms with Crippen LogP contribution >= 0.6 is 11.6 Å². The largest absolute Gasteiger partial charge is 0.369 e. The fourth-order valence-electron chi connectivity index (χ4n) is 3.14. The Balaban J connectivity index is 2.13. The summed E-state index contributed by atoms with van der Waals surface area (Å²) in [6.07, 6.45) is 2.94. The van der Waals surface area contributed by atoms with Crippen molar-refractivity contribution in [2.24, 2.45) is 11.1 Å². The maximum atomic E-state index is 12.6. The van der Waals surface area contributed by atoms with Gasteiger partial charge in [-0.2, -0.15) is 0 Å². The zero-order chi connectivity index (χ0) is 17.0. The third-order valence-electron chi connectivity index (χ3n) is 4.75. The van der Waals surface area contributed by atoms with Gasteiger partial charge in [0.2, 0.25) is 5.91 Å². The number of amides is 3. The average Bonchev–Trinajstić information content (AvgIpc) is 2.56. The third kappa shape index (κ3) is 3.78. The SMILES string of the molecule is CCc1cc(Cl)ccc1NC(=O)N1CCC[C@](CC)(C(N)=O)C1. The van der Waals surface area contributed by atoms with Crippen LogP contribution in [-0.4, -0.2) is 29.9 Å². The minimum absolute atomic E-state index is 0.194. The van der Waals surface area contributed by atoms with Gasteiger partial charge in [0, 0.05) is 23.8 Å². The summed E-state index contributed by atoms with van der Waals surface area (Å²) in [6.45, 7) is 4.97. The summed E-state index contributed by atoms with van der Waals surface area (Å²) in [6, 6.07) is 5.23. The molecular formula is C17H24ClN3O2. The number of rotatable bonds is 4. The van der Waals surface area contributed by atoms with Gasteiger partial charge in [-0.3, -0.25) is 4.79 Å². The Labute approximate surface area is 142 Å². The number of aryl methyl sites for hydroxylation is 1. The van der Waals surface area contributed by atoms with Gasteiger partial charge in [-0.25, -0.2) is 4.79 Å². The van der Waals surface area contributed by atoms with Gasteiger partial charge in [0.15, 0.2) is 0 Å². The van der Waals surface area contributed by atoms with Gasteiger partial charge in [-0.15, -0.1) is 0 Å². The molecular weight excluding hydrogens is 314 g/mol. The maximum Gasteiger partial charge on any atom is 0.321 e. The van der Waals surface area contributed by atoms with E-state index in [0.717, 1.165) is 30.5 Å². The highest BCUT2D eigenvalue weighted by Gasteiger charge is 2.40. The summed E-state index contributed by atoms with van der Waals surface area (Å²) >= 11 is 6.00. The number of piperidine rings is 1. The van der Waals surface area contributed by atoms with Crippen LogP contribution < -0.4 is 11.1 Å². The molecule has 1 fully saturated rings. The highest BCUT2D eigenvalue weighted by atomic mass is 35.5. The molecule has 1 saturated heterocycles. The van der Waals surface area contributed by atoms with Gasteiger partial charge in [-0.05, 0) is 49.4 Å².